The number of anilines is 1. The van der Waals surface area contributed by atoms with Crippen LogP contribution in [-0.2, 0) is 0 Å². The van der Waals surface area contributed by atoms with Gasteiger partial charge in [-0.2, -0.15) is 4.39 Å². The van der Waals surface area contributed by atoms with E-state index in [0.29, 0.717) is 18.2 Å². The quantitative estimate of drug-likeness (QED) is 0.410. The van der Waals surface area contributed by atoms with E-state index in [1.54, 1.807) is 0 Å². The number of amides is 1. The van der Waals surface area contributed by atoms with Crippen molar-refractivity contribution in [2.24, 2.45) is 0 Å². The molecule has 39 heavy (non-hydrogen) atoms. The minimum absolute atomic E-state index is 0.0432. The lowest BCUT2D eigenvalue weighted by Crippen LogP contribution is -2.65. The third-order valence-electron chi connectivity index (χ3n) is 7.31. The van der Waals surface area contributed by atoms with Crippen molar-refractivity contribution in [2.75, 3.05) is 25.4 Å². The molecular weight excluding hydrogens is 518 g/mol. The zero-order chi connectivity index (χ0) is 27.7. The van der Waals surface area contributed by atoms with Crippen molar-refractivity contribution in [1.82, 2.24) is 30.2 Å². The highest BCUT2D eigenvalue weighted by molar-refractivity contribution is 5.97. The lowest BCUT2D eigenvalue weighted by molar-refractivity contribution is 0.0140. The normalized spacial score (nSPS) is 20.8. The fourth-order valence-electron chi connectivity index (χ4n) is 5.31. The number of pyridine rings is 2. The minimum atomic E-state index is -2.67. The van der Waals surface area contributed by atoms with Crippen LogP contribution in [0, 0.1) is 11.8 Å². The van der Waals surface area contributed by atoms with Gasteiger partial charge in [0.1, 0.15) is 11.4 Å². The van der Waals surface area contributed by atoms with Crippen LogP contribution in [0.4, 0.5) is 23.4 Å². The molecule has 1 aliphatic carbocycles. The highest BCUT2D eigenvalue weighted by atomic mass is 19.3. The number of aromatic nitrogens is 4. The van der Waals surface area contributed by atoms with E-state index < -0.39 is 47.8 Å². The van der Waals surface area contributed by atoms with E-state index in [0.717, 1.165) is 38.4 Å². The maximum Gasteiger partial charge on any atom is 0.272 e. The van der Waals surface area contributed by atoms with Crippen LogP contribution in [0.15, 0.2) is 30.6 Å². The van der Waals surface area contributed by atoms with Gasteiger partial charge in [-0.1, -0.05) is 6.92 Å². The number of hydrogen-bond acceptors (Lipinski definition) is 8. The maximum absolute atomic E-state index is 15.9. The Kier molecular flexibility index (Phi) is 7.34. The molecule has 6 rings (SSSR count). The van der Waals surface area contributed by atoms with E-state index >= 15 is 4.39 Å². The number of nitrogens with two attached hydrogens (primary N) is 1. The van der Waals surface area contributed by atoms with Gasteiger partial charge < -0.3 is 15.8 Å². The van der Waals surface area contributed by atoms with E-state index in [4.69, 9.17) is 10.5 Å². The topological polar surface area (TPSA) is 119 Å². The van der Waals surface area contributed by atoms with Gasteiger partial charge >= 0.3 is 0 Å². The van der Waals surface area contributed by atoms with Crippen LogP contribution in [0.25, 0.3) is 22.6 Å². The molecule has 0 aromatic carbocycles. The summed E-state index contributed by atoms with van der Waals surface area (Å²) < 4.78 is 59.8. The summed E-state index contributed by atoms with van der Waals surface area (Å²) in [6, 6.07) is 4.59. The zero-order valence-electron chi connectivity index (χ0n) is 21.1. The first-order valence-corrected chi connectivity index (χ1v) is 12.6. The average Bonchev–Trinajstić information content (AvgIpc) is 2.94. The number of nitrogen functional groups attached to an aromatic ring is 1. The van der Waals surface area contributed by atoms with Crippen molar-refractivity contribution in [1.29, 1.82) is 0 Å². The van der Waals surface area contributed by atoms with Gasteiger partial charge in [0.25, 0.3) is 18.3 Å². The predicted molar refractivity (Wildman–Crippen MR) is 134 cm³/mol. The maximum atomic E-state index is 15.9. The Hall–Kier alpha value is -3.87. The van der Waals surface area contributed by atoms with Crippen LogP contribution in [-0.4, -0.2) is 68.4 Å². The number of ether oxygens (including phenoxy) is 1. The number of likely N-dealkylation sites (N-methyl/N-ethyl adjacent to an activating group) is 1. The van der Waals surface area contributed by atoms with Gasteiger partial charge in [-0.15, -0.1) is 0 Å². The van der Waals surface area contributed by atoms with Crippen molar-refractivity contribution >= 4 is 11.7 Å². The molecule has 2 saturated heterocycles. The van der Waals surface area contributed by atoms with E-state index in [9.17, 15) is 18.0 Å². The molecule has 2 aliphatic heterocycles. The highest BCUT2D eigenvalue weighted by Crippen LogP contribution is 2.38. The highest BCUT2D eigenvalue weighted by Gasteiger charge is 2.45. The molecule has 0 spiro atoms. The molecule has 2 bridgehead atoms. The SMILES string of the molecule is CCN1CC2(NC(=O)c3cc(-c4ccc(OCC(F)F)nc4)nc(-c4cnc(N)c(F)n4)c3F)CCC1CC2. The average molecular weight is 546 g/mol. The van der Waals surface area contributed by atoms with Crippen LogP contribution in [0.3, 0.4) is 0 Å². The molecule has 0 atom stereocenters. The predicted octanol–water partition coefficient (Wildman–Crippen LogP) is 3.85. The summed E-state index contributed by atoms with van der Waals surface area (Å²) in [6.45, 7) is 2.77. The standard InChI is InChI=1S/C26H27F4N7O2/c1-2-37-13-26(7-5-15(37)6-8-26)36-25(38)16-9-17(14-3-4-20(32-10-14)39-12-19(27)28)34-22(21(16)29)18-11-33-24(31)23(30)35-18/h3-4,9-11,15,19H,2,5-8,12-13H2,1H3,(H2,31,33)(H,36,38). The molecule has 9 nitrogen and oxygen atoms in total. The molecule has 3 N–H and O–H groups in total. The molecule has 3 aromatic heterocycles. The molecule has 3 aliphatic rings. The van der Waals surface area contributed by atoms with Gasteiger partial charge in [0.2, 0.25) is 5.88 Å². The van der Waals surface area contributed by atoms with Crippen LogP contribution < -0.4 is 15.8 Å². The van der Waals surface area contributed by atoms with Gasteiger partial charge in [0, 0.05) is 30.4 Å². The largest absolute Gasteiger partial charge is 0.472 e. The van der Waals surface area contributed by atoms with Crippen LogP contribution >= 0.6 is 0 Å². The number of piperidine rings is 2. The molecule has 1 amide bonds. The van der Waals surface area contributed by atoms with Gasteiger partial charge in [-0.3, -0.25) is 9.69 Å². The first-order chi connectivity index (χ1) is 18.7. The van der Waals surface area contributed by atoms with Crippen molar-refractivity contribution in [3.05, 3.63) is 47.9 Å². The molecule has 3 fully saturated rings. The number of rotatable bonds is 8. The summed E-state index contributed by atoms with van der Waals surface area (Å²) in [5, 5.41) is 3.07. The third-order valence-corrected chi connectivity index (χ3v) is 7.31. The first kappa shape index (κ1) is 26.7. The lowest BCUT2D eigenvalue weighted by atomic mass is 9.73. The van der Waals surface area contributed by atoms with Crippen molar-refractivity contribution in [3.63, 3.8) is 0 Å². The number of carbonyl (C=O) groups excluding carboxylic acids is 1. The molecule has 13 heteroatoms. The molecular formula is C26H27F4N7O2. The second-order valence-electron chi connectivity index (χ2n) is 9.76. The van der Waals surface area contributed by atoms with Crippen LogP contribution in [0.2, 0.25) is 0 Å². The molecule has 0 unspecified atom stereocenters. The number of halogens is 4. The smallest absolute Gasteiger partial charge is 0.272 e. The number of alkyl halides is 2. The van der Waals surface area contributed by atoms with E-state index in [-0.39, 0.29) is 22.8 Å². The van der Waals surface area contributed by atoms with Crippen molar-refractivity contribution in [2.45, 2.75) is 50.6 Å². The van der Waals surface area contributed by atoms with Gasteiger partial charge in [-0.05, 0) is 44.4 Å². The Balaban J connectivity index is 1.53. The minimum Gasteiger partial charge on any atom is -0.472 e. The summed E-state index contributed by atoms with van der Waals surface area (Å²) in [7, 11) is 0. The molecule has 0 radical (unpaired) electrons. The summed E-state index contributed by atoms with van der Waals surface area (Å²) in [5.41, 5.74) is 4.44. The van der Waals surface area contributed by atoms with E-state index in [1.165, 1.54) is 24.4 Å². The van der Waals surface area contributed by atoms with E-state index in [2.05, 4.69) is 37.1 Å². The molecule has 206 valence electrons. The summed E-state index contributed by atoms with van der Waals surface area (Å²) in [4.78, 5) is 31.5. The Bertz CT molecular complexity index is 1370. The fourth-order valence-corrected chi connectivity index (χ4v) is 5.31. The second-order valence-corrected chi connectivity index (χ2v) is 9.76. The number of nitrogens with one attached hydrogen (secondary N) is 1. The summed E-state index contributed by atoms with van der Waals surface area (Å²) >= 11 is 0. The fraction of sp³-hybridized carbons (Fsp3) is 0.423. The Morgan fingerprint density at radius 1 is 1.18 bits per heavy atom. The molecule has 5 heterocycles. The number of hydrogen-bond donors (Lipinski definition) is 2. The number of fused-ring (bicyclic) bond motifs is 3. The first-order valence-electron chi connectivity index (χ1n) is 12.6. The number of carbonyl (C=O) groups is 1. The lowest BCUT2D eigenvalue weighted by Gasteiger charge is -2.53. The monoisotopic (exact) mass is 545 g/mol. The summed E-state index contributed by atoms with van der Waals surface area (Å²) in [5.74, 6) is -3.25. The Morgan fingerprint density at radius 2 is 1.95 bits per heavy atom. The van der Waals surface area contributed by atoms with Crippen molar-refractivity contribution < 1.29 is 27.1 Å². The zero-order valence-corrected chi connectivity index (χ0v) is 21.1. The Morgan fingerprint density at radius 3 is 2.59 bits per heavy atom. The van der Waals surface area contributed by atoms with Crippen LogP contribution in [0.5, 0.6) is 5.88 Å². The summed E-state index contributed by atoms with van der Waals surface area (Å²) in [6.07, 6.45) is 3.14. The van der Waals surface area contributed by atoms with E-state index in [1.807, 2.05) is 0 Å². The molecule has 1 saturated carbocycles. The van der Waals surface area contributed by atoms with Gasteiger partial charge in [-0.25, -0.2) is 33.1 Å². The molecule has 3 aromatic rings. The van der Waals surface area contributed by atoms with Gasteiger partial charge in [0.15, 0.2) is 18.2 Å². The number of nitrogens with zero attached hydrogens (tertiary/aromatic N) is 5. The Labute approximate surface area is 221 Å². The van der Waals surface area contributed by atoms with Crippen LogP contribution in [0.1, 0.15) is 43.0 Å². The van der Waals surface area contributed by atoms with Crippen molar-refractivity contribution in [3.8, 4) is 28.5 Å². The third kappa shape index (κ3) is 5.49. The van der Waals surface area contributed by atoms with Gasteiger partial charge in [0.05, 0.1) is 23.0 Å². The second kappa shape index (κ2) is 10.7.